The van der Waals surface area contributed by atoms with Crippen molar-refractivity contribution in [1.29, 1.82) is 0 Å². The Morgan fingerprint density at radius 1 is 0.974 bits per heavy atom. The lowest BCUT2D eigenvalue weighted by molar-refractivity contribution is 0.368. The summed E-state index contributed by atoms with van der Waals surface area (Å²) in [6.45, 7) is 3.25. The van der Waals surface area contributed by atoms with E-state index in [-0.39, 0.29) is 29.2 Å². The maximum atomic E-state index is 13.6. The zero-order valence-corrected chi connectivity index (χ0v) is 22.8. The van der Waals surface area contributed by atoms with Crippen molar-refractivity contribution >= 4 is 33.1 Å². The number of sulfonamides is 1. The van der Waals surface area contributed by atoms with E-state index >= 15 is 0 Å². The van der Waals surface area contributed by atoms with Crippen molar-refractivity contribution in [3.63, 3.8) is 0 Å². The molecule has 0 aliphatic rings. The topological polar surface area (TPSA) is 164 Å². The van der Waals surface area contributed by atoms with E-state index in [2.05, 4.69) is 40.0 Å². The molecular weight excluding hydrogens is 548 g/mol. The first-order valence-corrected chi connectivity index (χ1v) is 13.5. The Morgan fingerprint density at radius 2 is 1.67 bits per heavy atom. The van der Waals surface area contributed by atoms with Crippen LogP contribution in [0, 0.1) is 0 Å². The molecule has 2 unspecified atom stereocenters. The van der Waals surface area contributed by atoms with Crippen LogP contribution >= 0.6 is 11.6 Å². The van der Waals surface area contributed by atoms with Gasteiger partial charge in [-0.25, -0.2) is 22.9 Å². The lowest BCUT2D eigenvalue weighted by Crippen LogP contribution is -2.31. The average Bonchev–Trinajstić information content (AvgIpc) is 3.55. The highest BCUT2D eigenvalue weighted by Crippen LogP contribution is 2.36. The Balaban J connectivity index is 1.65. The van der Waals surface area contributed by atoms with Crippen LogP contribution in [0.1, 0.15) is 25.6 Å². The Hall–Kier alpha value is -4.37. The SMILES string of the molecule is COc1ncnc(OC)c1-n1c(NS(=O)(=O)C(C)C(C)c2ncc(Cl)cn2)nnc1-c1cnn2ccccc12. The third-order valence-corrected chi connectivity index (χ3v) is 8.22. The molecule has 14 nitrogen and oxygen atoms in total. The number of methoxy groups -OCH3 is 2. The molecule has 5 rings (SSSR count). The van der Waals surface area contributed by atoms with Crippen molar-refractivity contribution in [1.82, 2.24) is 44.3 Å². The molecule has 2 atom stereocenters. The van der Waals surface area contributed by atoms with E-state index in [0.29, 0.717) is 21.9 Å². The number of rotatable bonds is 9. The Morgan fingerprint density at radius 3 is 2.33 bits per heavy atom. The van der Waals surface area contributed by atoms with Crippen molar-refractivity contribution in [2.24, 2.45) is 0 Å². The number of nitrogens with one attached hydrogen (secondary N) is 1. The third-order valence-electron chi connectivity index (χ3n) is 6.17. The quantitative estimate of drug-likeness (QED) is 0.277. The van der Waals surface area contributed by atoms with Gasteiger partial charge in [0.25, 0.3) is 0 Å². The number of halogens is 1. The van der Waals surface area contributed by atoms with Crippen molar-refractivity contribution in [2.75, 3.05) is 18.9 Å². The van der Waals surface area contributed by atoms with Gasteiger partial charge in [0, 0.05) is 24.5 Å². The molecule has 0 saturated heterocycles. The number of nitrogens with zero attached hydrogens (tertiary/aromatic N) is 9. The molecule has 0 aliphatic carbocycles. The Labute approximate surface area is 228 Å². The molecule has 202 valence electrons. The van der Waals surface area contributed by atoms with Gasteiger partial charge >= 0.3 is 0 Å². The minimum atomic E-state index is -4.07. The van der Waals surface area contributed by atoms with Gasteiger partial charge in [0.15, 0.2) is 11.5 Å². The van der Waals surface area contributed by atoms with Crippen LogP contribution in [0.25, 0.3) is 22.6 Å². The molecule has 5 heterocycles. The minimum absolute atomic E-state index is 0.107. The number of fused-ring (bicyclic) bond motifs is 1. The van der Waals surface area contributed by atoms with Crippen molar-refractivity contribution < 1.29 is 17.9 Å². The predicted molar refractivity (Wildman–Crippen MR) is 142 cm³/mol. The number of pyridine rings is 1. The number of hydrogen-bond acceptors (Lipinski definition) is 11. The summed E-state index contributed by atoms with van der Waals surface area (Å²) in [5.41, 5.74) is 1.46. The van der Waals surface area contributed by atoms with Crippen molar-refractivity contribution in [3.8, 4) is 28.8 Å². The molecule has 0 saturated carbocycles. The maximum absolute atomic E-state index is 13.6. The van der Waals surface area contributed by atoms with Crippen molar-refractivity contribution in [3.05, 3.63) is 60.2 Å². The highest BCUT2D eigenvalue weighted by molar-refractivity contribution is 7.93. The lowest BCUT2D eigenvalue weighted by Gasteiger charge is -2.20. The molecule has 0 bridgehead atoms. The van der Waals surface area contributed by atoms with E-state index in [4.69, 9.17) is 21.1 Å². The second kappa shape index (κ2) is 10.4. The Bertz CT molecular complexity index is 1720. The van der Waals surface area contributed by atoms with E-state index in [0.717, 1.165) is 0 Å². The molecule has 39 heavy (non-hydrogen) atoms. The fourth-order valence-corrected chi connectivity index (χ4v) is 5.27. The molecule has 0 radical (unpaired) electrons. The monoisotopic (exact) mass is 570 g/mol. The van der Waals surface area contributed by atoms with Gasteiger partial charge in [0.05, 0.1) is 41.8 Å². The molecule has 5 aromatic rings. The summed E-state index contributed by atoms with van der Waals surface area (Å²) in [5, 5.41) is 12.3. The summed E-state index contributed by atoms with van der Waals surface area (Å²) in [6.07, 6.45) is 7.47. The molecule has 5 aromatic heterocycles. The molecular formula is C23H23ClN10O4S. The van der Waals surface area contributed by atoms with E-state index < -0.39 is 21.2 Å². The predicted octanol–water partition coefficient (Wildman–Crippen LogP) is 2.77. The van der Waals surface area contributed by atoms with Gasteiger partial charge in [-0.15, -0.1) is 10.2 Å². The zero-order valence-electron chi connectivity index (χ0n) is 21.2. The number of hydrogen-bond donors (Lipinski definition) is 1. The van der Waals surface area contributed by atoms with E-state index in [1.54, 1.807) is 30.8 Å². The number of ether oxygens (including phenoxy) is 2. The molecule has 16 heteroatoms. The largest absolute Gasteiger partial charge is 0.479 e. The first kappa shape index (κ1) is 26.2. The van der Waals surface area contributed by atoms with Gasteiger partial charge < -0.3 is 9.47 Å². The van der Waals surface area contributed by atoms with Gasteiger partial charge in [0.1, 0.15) is 12.2 Å². The van der Waals surface area contributed by atoms with Crippen LogP contribution in [0.5, 0.6) is 11.8 Å². The summed E-state index contributed by atoms with van der Waals surface area (Å²) >= 11 is 5.89. The number of anilines is 1. The van der Waals surface area contributed by atoms with Crippen LogP contribution in [-0.2, 0) is 10.0 Å². The smallest absolute Gasteiger partial charge is 0.245 e. The molecule has 1 N–H and O–H groups in total. The summed E-state index contributed by atoms with van der Waals surface area (Å²) in [7, 11) is -1.23. The van der Waals surface area contributed by atoms with Gasteiger partial charge in [-0.1, -0.05) is 24.6 Å². The molecule has 0 fully saturated rings. The average molecular weight is 571 g/mol. The summed E-state index contributed by atoms with van der Waals surface area (Å²) in [6, 6.07) is 5.52. The van der Waals surface area contributed by atoms with Gasteiger partial charge in [-0.3, -0.25) is 9.29 Å². The summed E-state index contributed by atoms with van der Waals surface area (Å²) in [4.78, 5) is 16.7. The highest BCUT2D eigenvalue weighted by Gasteiger charge is 2.33. The van der Waals surface area contributed by atoms with E-state index in [9.17, 15) is 8.42 Å². The van der Waals surface area contributed by atoms with Gasteiger partial charge in [-0.2, -0.15) is 15.1 Å². The molecule has 0 amide bonds. The zero-order chi connectivity index (χ0) is 27.7. The van der Waals surface area contributed by atoms with Crippen molar-refractivity contribution in [2.45, 2.75) is 25.0 Å². The van der Waals surface area contributed by atoms with Gasteiger partial charge in [0.2, 0.25) is 27.7 Å². The molecule has 0 aliphatic heterocycles. The van der Waals surface area contributed by atoms with Crippen LogP contribution in [0.3, 0.4) is 0 Å². The van der Waals surface area contributed by atoms with Crippen LogP contribution in [0.2, 0.25) is 5.02 Å². The minimum Gasteiger partial charge on any atom is -0.479 e. The summed E-state index contributed by atoms with van der Waals surface area (Å²) < 4.78 is 43.8. The second-order valence-electron chi connectivity index (χ2n) is 8.41. The fourth-order valence-electron chi connectivity index (χ4n) is 3.94. The highest BCUT2D eigenvalue weighted by atomic mass is 35.5. The maximum Gasteiger partial charge on any atom is 0.245 e. The summed E-state index contributed by atoms with van der Waals surface area (Å²) in [5.74, 6) is 0.0707. The molecule has 0 spiro atoms. The van der Waals surface area contributed by atoms with E-state index in [1.807, 2.05) is 18.2 Å². The van der Waals surface area contributed by atoms with Crippen LogP contribution in [-0.4, -0.2) is 72.2 Å². The van der Waals surface area contributed by atoms with Crippen LogP contribution in [0.4, 0.5) is 5.95 Å². The number of aromatic nitrogens is 9. The van der Waals surface area contributed by atoms with E-state index in [1.165, 1.54) is 37.5 Å². The molecule has 0 aromatic carbocycles. The first-order valence-electron chi connectivity index (χ1n) is 11.6. The first-order chi connectivity index (χ1) is 18.7. The normalized spacial score (nSPS) is 13.3. The lowest BCUT2D eigenvalue weighted by atomic mass is 10.1. The van der Waals surface area contributed by atoms with Crippen LogP contribution in [0.15, 0.2) is 49.3 Å². The van der Waals surface area contributed by atoms with Gasteiger partial charge in [-0.05, 0) is 19.1 Å². The second-order valence-corrected chi connectivity index (χ2v) is 10.9. The fraction of sp³-hybridized carbons (Fsp3) is 0.261. The Kier molecular flexibility index (Phi) is 7.01. The standard InChI is InChI=1S/C23H23ClN10O4S/c1-13(19-25-9-15(24)10-26-19)14(2)39(35,36)32-23-31-30-20(16-11-29-33-8-6-5-7-17(16)33)34(23)18-21(37-3)27-12-28-22(18)38-4/h5-14H,1-4H3,(H,31,32). The van der Waals surface area contributed by atoms with Crippen LogP contribution < -0.4 is 14.2 Å². The third kappa shape index (κ3) is 4.81.